The van der Waals surface area contributed by atoms with Crippen molar-refractivity contribution in [1.29, 1.82) is 0 Å². The molecule has 0 saturated heterocycles. The van der Waals surface area contributed by atoms with Crippen molar-refractivity contribution in [1.82, 2.24) is 0 Å². The number of benzene rings is 2. The van der Waals surface area contributed by atoms with Gasteiger partial charge in [-0.3, -0.25) is 4.79 Å². The molecule has 25 heavy (non-hydrogen) atoms. The van der Waals surface area contributed by atoms with E-state index in [-0.39, 0.29) is 17.2 Å². The van der Waals surface area contributed by atoms with Crippen LogP contribution in [0, 0.1) is 0 Å². The number of halogens is 2. The smallest absolute Gasteiger partial charge is 0.335 e. The minimum Gasteiger partial charge on any atom is -0.481 e. The van der Waals surface area contributed by atoms with Crippen molar-refractivity contribution >= 4 is 40.7 Å². The minimum atomic E-state index is -1.14. The number of hydrogen-bond acceptors (Lipinski definition) is 3. The summed E-state index contributed by atoms with van der Waals surface area (Å²) in [6.45, 7) is 1.79. The molecule has 0 aliphatic carbocycles. The Morgan fingerprint density at radius 2 is 1.72 bits per heavy atom. The molecule has 2 aromatic rings. The molecule has 2 rings (SSSR count). The molecule has 0 aromatic heterocycles. The number of aliphatic carboxylic acids is 1. The molecule has 6 heteroatoms. The Balaban J connectivity index is 2.81. The van der Waals surface area contributed by atoms with Gasteiger partial charge in [0.05, 0.1) is 28.6 Å². The zero-order valence-electron chi connectivity index (χ0n) is 13.5. The van der Waals surface area contributed by atoms with Gasteiger partial charge in [-0.2, -0.15) is 0 Å². The zero-order valence-corrected chi connectivity index (χ0v) is 15.0. The lowest BCUT2D eigenvalue weighted by Gasteiger charge is -2.16. The fraction of sp³-hybridized carbons (Fsp3) is 0.158. The Labute approximate surface area is 155 Å². The van der Waals surface area contributed by atoms with Crippen LogP contribution in [-0.4, -0.2) is 23.7 Å². The lowest BCUT2D eigenvalue weighted by molar-refractivity contribution is -0.142. The lowest BCUT2D eigenvalue weighted by Crippen LogP contribution is -2.14. The van der Waals surface area contributed by atoms with Crippen LogP contribution < -0.4 is 0 Å². The van der Waals surface area contributed by atoms with Gasteiger partial charge in [0.25, 0.3) is 0 Å². The molecule has 0 radical (unpaired) electrons. The topological polar surface area (TPSA) is 63.6 Å². The minimum absolute atomic E-state index is 0.0183. The van der Waals surface area contributed by atoms with Crippen molar-refractivity contribution in [2.75, 3.05) is 6.61 Å². The summed E-state index contributed by atoms with van der Waals surface area (Å²) in [6, 6.07) is 13.9. The predicted molar refractivity (Wildman–Crippen MR) is 97.8 cm³/mol. The summed E-state index contributed by atoms with van der Waals surface area (Å²) in [4.78, 5) is 23.8. The van der Waals surface area contributed by atoms with E-state index in [2.05, 4.69) is 0 Å². The first-order valence-corrected chi connectivity index (χ1v) is 8.33. The third kappa shape index (κ3) is 4.62. The molecule has 0 amide bonds. The highest BCUT2D eigenvalue weighted by Crippen LogP contribution is 2.37. The third-order valence-corrected chi connectivity index (χ3v) is 4.25. The van der Waals surface area contributed by atoms with Crippen molar-refractivity contribution in [3.8, 4) is 0 Å². The summed E-state index contributed by atoms with van der Waals surface area (Å²) in [6.07, 6.45) is -0.494. The number of carboxylic acids is 1. The van der Waals surface area contributed by atoms with Crippen molar-refractivity contribution in [3.05, 3.63) is 75.3 Å². The van der Waals surface area contributed by atoms with Crippen LogP contribution in [0.3, 0.4) is 0 Å². The molecule has 0 aliphatic heterocycles. The molecule has 0 fully saturated rings. The van der Waals surface area contributed by atoms with E-state index in [1.165, 1.54) is 0 Å². The van der Waals surface area contributed by atoms with Crippen LogP contribution in [0.2, 0.25) is 10.0 Å². The first kappa shape index (κ1) is 19.0. The van der Waals surface area contributed by atoms with Crippen LogP contribution in [-0.2, 0) is 14.3 Å². The SMILES string of the molecule is CCOC(=O)C(CC(=O)O)=C(c1ccccc1)c1cccc(Cl)c1Cl. The number of esters is 1. The summed E-state index contributed by atoms with van der Waals surface area (Å²) in [5.74, 6) is -1.84. The van der Waals surface area contributed by atoms with Crippen molar-refractivity contribution < 1.29 is 19.4 Å². The Bertz CT molecular complexity index is 813. The normalized spacial score (nSPS) is 11.6. The summed E-state index contributed by atoms with van der Waals surface area (Å²) < 4.78 is 5.06. The standard InChI is InChI=1S/C19H16Cl2O4/c1-2-25-19(24)14(11-16(22)23)17(12-7-4-3-5-8-12)13-9-6-10-15(20)18(13)21/h3-10H,2,11H2,1H3,(H,22,23). The van der Waals surface area contributed by atoms with E-state index in [0.717, 1.165) is 0 Å². The molecule has 2 aromatic carbocycles. The zero-order chi connectivity index (χ0) is 18.4. The number of hydrogen-bond donors (Lipinski definition) is 1. The maximum Gasteiger partial charge on any atom is 0.335 e. The fourth-order valence-electron chi connectivity index (χ4n) is 2.43. The van der Waals surface area contributed by atoms with Crippen molar-refractivity contribution in [2.24, 2.45) is 0 Å². The Hall–Kier alpha value is -2.30. The monoisotopic (exact) mass is 378 g/mol. The second-order valence-corrected chi connectivity index (χ2v) is 5.90. The average molecular weight is 379 g/mol. The maximum atomic E-state index is 12.4. The van der Waals surface area contributed by atoms with Gasteiger partial charge in [0, 0.05) is 11.1 Å². The third-order valence-electron chi connectivity index (χ3n) is 3.44. The molecule has 0 saturated carbocycles. The van der Waals surface area contributed by atoms with Gasteiger partial charge in [0.1, 0.15) is 0 Å². The summed E-state index contributed by atoms with van der Waals surface area (Å²) in [5, 5.41) is 9.82. The quantitative estimate of drug-likeness (QED) is 0.577. The maximum absolute atomic E-state index is 12.4. The first-order valence-electron chi connectivity index (χ1n) is 7.57. The molecule has 0 spiro atoms. The highest BCUT2D eigenvalue weighted by Gasteiger charge is 2.24. The molecule has 130 valence electrons. The van der Waals surface area contributed by atoms with Gasteiger partial charge in [-0.1, -0.05) is 65.7 Å². The summed E-state index contributed by atoms with van der Waals surface area (Å²) >= 11 is 12.4. The van der Waals surface area contributed by atoms with Crippen LogP contribution in [0.4, 0.5) is 0 Å². The molecule has 0 aliphatic rings. The first-order chi connectivity index (χ1) is 12.0. The van der Waals surface area contributed by atoms with Crippen LogP contribution in [0.25, 0.3) is 5.57 Å². The van der Waals surface area contributed by atoms with E-state index >= 15 is 0 Å². The average Bonchev–Trinajstić information content (AvgIpc) is 2.59. The van der Waals surface area contributed by atoms with Gasteiger partial charge in [-0.15, -0.1) is 0 Å². The van der Waals surface area contributed by atoms with E-state index in [1.54, 1.807) is 49.4 Å². The summed E-state index contributed by atoms with van der Waals surface area (Å²) in [7, 11) is 0. The number of carbonyl (C=O) groups excluding carboxylic acids is 1. The number of carboxylic acid groups (broad SMARTS) is 1. The molecular weight excluding hydrogens is 363 g/mol. The van der Waals surface area contributed by atoms with E-state index in [4.69, 9.17) is 27.9 Å². The highest BCUT2D eigenvalue weighted by molar-refractivity contribution is 6.43. The van der Waals surface area contributed by atoms with Crippen LogP contribution >= 0.6 is 23.2 Å². The number of ether oxygens (including phenoxy) is 1. The lowest BCUT2D eigenvalue weighted by atomic mass is 9.91. The Kier molecular flexibility index (Phi) is 6.62. The van der Waals surface area contributed by atoms with Gasteiger partial charge in [-0.05, 0) is 18.6 Å². The largest absolute Gasteiger partial charge is 0.481 e. The second kappa shape index (κ2) is 8.70. The van der Waals surface area contributed by atoms with Gasteiger partial charge in [0.2, 0.25) is 0 Å². The molecule has 4 nitrogen and oxygen atoms in total. The van der Waals surface area contributed by atoms with Crippen LogP contribution in [0.5, 0.6) is 0 Å². The molecule has 0 heterocycles. The van der Waals surface area contributed by atoms with Crippen LogP contribution in [0.1, 0.15) is 24.5 Å². The molecule has 0 unspecified atom stereocenters. The molecule has 0 bridgehead atoms. The van der Waals surface area contributed by atoms with E-state index < -0.39 is 18.4 Å². The van der Waals surface area contributed by atoms with E-state index in [9.17, 15) is 14.7 Å². The number of rotatable bonds is 6. The molecular formula is C19H16Cl2O4. The Morgan fingerprint density at radius 3 is 2.32 bits per heavy atom. The Morgan fingerprint density at radius 1 is 1.04 bits per heavy atom. The molecule has 0 atom stereocenters. The van der Waals surface area contributed by atoms with Gasteiger partial charge >= 0.3 is 11.9 Å². The van der Waals surface area contributed by atoms with Crippen molar-refractivity contribution in [2.45, 2.75) is 13.3 Å². The van der Waals surface area contributed by atoms with Gasteiger partial charge < -0.3 is 9.84 Å². The molecule has 1 N–H and O–H groups in total. The van der Waals surface area contributed by atoms with E-state index in [0.29, 0.717) is 21.7 Å². The number of carbonyl (C=O) groups is 2. The van der Waals surface area contributed by atoms with Gasteiger partial charge in [-0.25, -0.2) is 4.79 Å². The van der Waals surface area contributed by atoms with Gasteiger partial charge in [0.15, 0.2) is 0 Å². The second-order valence-electron chi connectivity index (χ2n) is 5.11. The van der Waals surface area contributed by atoms with Crippen LogP contribution in [0.15, 0.2) is 54.1 Å². The fourth-order valence-corrected chi connectivity index (χ4v) is 2.82. The highest BCUT2D eigenvalue weighted by atomic mass is 35.5. The van der Waals surface area contributed by atoms with Crippen molar-refractivity contribution in [3.63, 3.8) is 0 Å². The predicted octanol–water partition coefficient (Wildman–Crippen LogP) is 4.83. The summed E-state index contributed by atoms with van der Waals surface area (Å²) in [5.41, 5.74) is 1.54. The van der Waals surface area contributed by atoms with E-state index in [1.807, 2.05) is 6.07 Å².